The second-order valence-corrected chi connectivity index (χ2v) is 5.57. The van der Waals surface area contributed by atoms with E-state index in [0.717, 1.165) is 20.9 Å². The van der Waals surface area contributed by atoms with Crippen LogP contribution in [0.4, 0.5) is 10.8 Å². The van der Waals surface area contributed by atoms with Gasteiger partial charge >= 0.3 is 17.3 Å². The van der Waals surface area contributed by atoms with Crippen LogP contribution >= 0.6 is 11.5 Å². The highest BCUT2D eigenvalue weighted by atomic mass is 32.1. The second kappa shape index (κ2) is 6.66. The molecule has 2 heterocycles. The Morgan fingerprint density at radius 2 is 1.75 bits per heavy atom. The van der Waals surface area contributed by atoms with Crippen molar-refractivity contribution in [3.63, 3.8) is 0 Å². The maximum absolute atomic E-state index is 12.4. The lowest BCUT2D eigenvalue weighted by atomic mass is 10.5. The zero-order chi connectivity index (χ0) is 18.0. The summed E-state index contributed by atoms with van der Waals surface area (Å²) in [7, 11) is 7.48. The van der Waals surface area contributed by atoms with Crippen LogP contribution in [0.2, 0.25) is 0 Å². The molecular formula is C11H16N8O4S. The van der Waals surface area contributed by atoms with Crippen molar-refractivity contribution in [2.75, 3.05) is 45.3 Å². The number of nitrogens with zero attached hydrogens (tertiary/aromatic N) is 8. The lowest BCUT2D eigenvalue weighted by molar-refractivity contribution is 0.386. The van der Waals surface area contributed by atoms with Crippen LogP contribution in [0.15, 0.2) is 19.8 Å². The molecule has 0 aromatic carbocycles. The van der Waals surface area contributed by atoms with Crippen molar-refractivity contribution >= 4 is 22.4 Å². The van der Waals surface area contributed by atoms with Crippen molar-refractivity contribution in [3.05, 3.63) is 20.8 Å². The third-order valence-electron chi connectivity index (χ3n) is 2.78. The van der Waals surface area contributed by atoms with Crippen LogP contribution in [0.1, 0.15) is 0 Å². The van der Waals surface area contributed by atoms with Crippen LogP contribution in [0, 0.1) is 0 Å². The van der Waals surface area contributed by atoms with Crippen LogP contribution in [0.3, 0.4) is 0 Å². The first-order valence-electron chi connectivity index (χ1n) is 6.53. The van der Waals surface area contributed by atoms with Gasteiger partial charge in [-0.05, 0) is 0 Å². The van der Waals surface area contributed by atoms with Gasteiger partial charge < -0.3 is 19.9 Å². The molecule has 0 amide bonds. The molecule has 2 aromatic rings. The molecule has 24 heavy (non-hydrogen) atoms. The average Bonchev–Trinajstić information content (AvgIpc) is 2.94. The maximum atomic E-state index is 12.4. The van der Waals surface area contributed by atoms with Gasteiger partial charge in [0.1, 0.15) is 0 Å². The van der Waals surface area contributed by atoms with E-state index >= 15 is 0 Å². The fourth-order valence-corrected chi connectivity index (χ4v) is 2.25. The van der Waals surface area contributed by atoms with Crippen LogP contribution < -0.4 is 26.0 Å². The Kier molecular flexibility index (Phi) is 4.82. The molecule has 2 aromatic heterocycles. The molecule has 13 heteroatoms. The molecule has 0 saturated carbocycles. The van der Waals surface area contributed by atoms with Gasteiger partial charge in [0.2, 0.25) is 11.6 Å². The van der Waals surface area contributed by atoms with Crippen molar-refractivity contribution in [3.8, 4) is 11.9 Å². The van der Waals surface area contributed by atoms with Crippen LogP contribution in [-0.2, 0) is 0 Å². The molecule has 0 aliphatic heterocycles. The van der Waals surface area contributed by atoms with Crippen LogP contribution in [0.5, 0.6) is 11.9 Å². The summed E-state index contributed by atoms with van der Waals surface area (Å²) in [6.45, 7) is 0. The molecule has 1 N–H and O–H groups in total. The molecule has 0 saturated heterocycles. The maximum Gasteiger partial charge on any atom is 0.372 e. The largest absolute Gasteiger partial charge is 0.491 e. The first-order chi connectivity index (χ1) is 11.3. The molecule has 0 radical (unpaired) electrons. The molecule has 12 nitrogen and oxygen atoms in total. The third-order valence-corrected chi connectivity index (χ3v) is 3.37. The van der Waals surface area contributed by atoms with E-state index in [9.17, 15) is 14.7 Å². The lowest BCUT2D eigenvalue weighted by Crippen LogP contribution is -2.52. The van der Waals surface area contributed by atoms with Crippen molar-refractivity contribution in [1.82, 2.24) is 18.7 Å². The molecule has 0 aliphatic carbocycles. The summed E-state index contributed by atoms with van der Waals surface area (Å²) in [5.74, 6) is -0.631. The molecule has 0 fully saturated rings. The molecule has 0 spiro atoms. The number of ether oxygens (including phenoxy) is 1. The highest BCUT2D eigenvalue weighted by molar-refractivity contribution is 7.09. The van der Waals surface area contributed by atoms with Gasteiger partial charge in [-0.3, -0.25) is 4.79 Å². The topological polar surface area (TPSA) is 130 Å². The smallest absolute Gasteiger partial charge is 0.372 e. The minimum atomic E-state index is -0.819. The van der Waals surface area contributed by atoms with E-state index in [1.54, 1.807) is 0 Å². The quantitative estimate of drug-likeness (QED) is 0.702. The first kappa shape index (κ1) is 17.4. The van der Waals surface area contributed by atoms with Crippen molar-refractivity contribution < 1.29 is 9.84 Å². The number of azo groups is 1. The fraction of sp³-hybridized carbons (Fsp3) is 0.455. The SMILES string of the molecule is COc1nsc(N=Nc2c(O)n(N(C)C)c(=O)n(N(C)C)c2=O)n1. The Balaban J connectivity index is 2.64. The lowest BCUT2D eigenvalue weighted by Gasteiger charge is -2.22. The van der Waals surface area contributed by atoms with Gasteiger partial charge in [0.25, 0.3) is 5.13 Å². The van der Waals surface area contributed by atoms with Crippen LogP contribution in [0.25, 0.3) is 0 Å². The van der Waals surface area contributed by atoms with Gasteiger partial charge in [-0.25, -0.2) is 4.79 Å². The minimum Gasteiger partial charge on any atom is -0.491 e. The predicted molar refractivity (Wildman–Crippen MR) is 87.4 cm³/mol. The van der Waals surface area contributed by atoms with E-state index < -0.39 is 22.8 Å². The molecule has 0 aliphatic rings. The van der Waals surface area contributed by atoms with Crippen molar-refractivity contribution in [1.29, 1.82) is 0 Å². The Bertz CT molecular complexity index is 881. The first-order valence-corrected chi connectivity index (χ1v) is 7.31. The Morgan fingerprint density at radius 1 is 1.12 bits per heavy atom. The molecule has 0 bridgehead atoms. The van der Waals surface area contributed by atoms with E-state index in [1.165, 1.54) is 45.3 Å². The van der Waals surface area contributed by atoms with Gasteiger partial charge in [-0.1, -0.05) is 0 Å². The zero-order valence-corrected chi connectivity index (χ0v) is 14.5. The second-order valence-electron chi connectivity index (χ2n) is 4.84. The van der Waals surface area contributed by atoms with Gasteiger partial charge in [-0.15, -0.1) is 14.6 Å². The molecular weight excluding hydrogens is 340 g/mol. The summed E-state index contributed by atoms with van der Waals surface area (Å²) in [6.07, 6.45) is 0. The molecule has 0 unspecified atom stereocenters. The average molecular weight is 356 g/mol. The number of rotatable bonds is 5. The zero-order valence-electron chi connectivity index (χ0n) is 13.7. The van der Waals surface area contributed by atoms with Crippen molar-refractivity contribution in [2.45, 2.75) is 0 Å². The van der Waals surface area contributed by atoms with Gasteiger partial charge in [-0.2, -0.15) is 14.3 Å². The van der Waals surface area contributed by atoms with E-state index in [2.05, 4.69) is 19.6 Å². The number of methoxy groups -OCH3 is 1. The van der Waals surface area contributed by atoms with E-state index in [-0.39, 0.29) is 11.1 Å². The van der Waals surface area contributed by atoms with E-state index in [0.29, 0.717) is 0 Å². The number of aromatic hydroxyl groups is 1. The molecule has 130 valence electrons. The minimum absolute atomic E-state index is 0.113. The van der Waals surface area contributed by atoms with E-state index in [4.69, 9.17) is 4.74 Å². The predicted octanol–water partition coefficient (Wildman–Crippen LogP) is -0.614. The van der Waals surface area contributed by atoms with Gasteiger partial charge in [0.05, 0.1) is 7.11 Å². The number of aromatic nitrogens is 4. The van der Waals surface area contributed by atoms with E-state index in [1.807, 2.05) is 0 Å². The Hall–Kier alpha value is -2.96. The Labute approximate surface area is 140 Å². The summed E-state index contributed by atoms with van der Waals surface area (Å²) in [4.78, 5) is 28.6. The number of hydrogen-bond donors (Lipinski definition) is 1. The van der Waals surface area contributed by atoms with Crippen LogP contribution in [-0.4, -0.2) is 59.1 Å². The summed E-state index contributed by atoms with van der Waals surface area (Å²) in [5.41, 5.74) is -1.98. The number of hydrogen-bond acceptors (Lipinski definition) is 11. The highest BCUT2D eigenvalue weighted by Gasteiger charge is 2.21. The normalized spacial score (nSPS) is 11.0. The fourth-order valence-electron chi connectivity index (χ4n) is 1.78. The summed E-state index contributed by atoms with van der Waals surface area (Å²) < 4.78 is 10.4. The molecule has 0 atom stereocenters. The summed E-state index contributed by atoms with van der Waals surface area (Å²) >= 11 is 0.903. The van der Waals surface area contributed by atoms with Gasteiger partial charge in [0.15, 0.2) is 0 Å². The Morgan fingerprint density at radius 3 is 2.25 bits per heavy atom. The van der Waals surface area contributed by atoms with Gasteiger partial charge in [0, 0.05) is 39.7 Å². The standard InChI is InChI=1S/C11H16N8O4S/c1-16(2)18-7(20)6(8(21)19(11(18)22)17(3)4)13-14-10-12-9(23-5)15-24-10/h20H,1-5H3. The molecule has 2 rings (SSSR count). The summed E-state index contributed by atoms with van der Waals surface area (Å²) in [5, 5.41) is 20.4. The third kappa shape index (κ3) is 3.05. The monoisotopic (exact) mass is 356 g/mol. The summed E-state index contributed by atoms with van der Waals surface area (Å²) in [6, 6.07) is 0.113. The highest BCUT2D eigenvalue weighted by Crippen LogP contribution is 2.25. The van der Waals surface area contributed by atoms with Crippen molar-refractivity contribution in [2.24, 2.45) is 10.2 Å².